The van der Waals surface area contributed by atoms with Crippen molar-refractivity contribution < 1.29 is 68.2 Å². The van der Waals surface area contributed by atoms with E-state index < -0.39 is 0 Å². The molecule has 8 aromatic carbocycles. The van der Waals surface area contributed by atoms with Gasteiger partial charge in [0, 0.05) is 0 Å². The quantitative estimate of drug-likeness (QED) is 0.0936. The van der Waals surface area contributed by atoms with Crippen molar-refractivity contribution >= 4 is 96.0 Å². The molecule has 8 rings (SSSR count). The van der Waals surface area contributed by atoms with Crippen molar-refractivity contribution in [3.63, 3.8) is 0 Å². The third kappa shape index (κ3) is 16.6. The maximum atomic E-state index is 2.40. The van der Waals surface area contributed by atoms with E-state index >= 15 is 0 Å². The van der Waals surface area contributed by atoms with Crippen LogP contribution in [0.25, 0.3) is 43.1 Å². The van der Waals surface area contributed by atoms with Crippen LogP contribution in [0.2, 0.25) is 0 Å². The van der Waals surface area contributed by atoms with Gasteiger partial charge in [0.15, 0.2) is 0 Å². The van der Waals surface area contributed by atoms with Gasteiger partial charge in [-0.1, -0.05) is 123 Å². The van der Waals surface area contributed by atoms with Crippen molar-refractivity contribution in [1.29, 1.82) is 0 Å². The molecule has 0 saturated heterocycles. The zero-order valence-corrected chi connectivity index (χ0v) is 49.6. The predicted octanol–water partition coefficient (Wildman–Crippen LogP) is 10.4. The van der Waals surface area contributed by atoms with Crippen molar-refractivity contribution in [1.82, 2.24) is 0 Å². The normalized spacial score (nSPS) is 11.8. The van der Waals surface area contributed by atoms with Crippen molar-refractivity contribution in [2.24, 2.45) is 0 Å². The Kier molecular flexibility index (Phi) is 24.4. The molecule has 0 N–H and O–H groups in total. The van der Waals surface area contributed by atoms with E-state index in [1.807, 2.05) is 0 Å². The minimum absolute atomic E-state index is 0. The zero-order valence-electron chi connectivity index (χ0n) is 41.4. The molecule has 0 aliphatic carbocycles. The fourth-order valence-corrected chi connectivity index (χ4v) is 18.7. The Labute approximate surface area is 436 Å². The summed E-state index contributed by atoms with van der Waals surface area (Å²) in [4.78, 5) is 0. The maximum absolute atomic E-state index is 2.40. The SMILES string of the molecule is CC(C)(C)P(c1cc2ccccc2[cH-]1)C(C)(C)C.CC(C)(C)P(c1cc2ccccc2[cH-]1)C(C)(C)C.CP(C)c1cc2ccccc2[cH-]1.CP(C)c1cc2ccccc2[cH-]1.[Cl-].[Cl-].[Ti+2].[Ti+2]. The Hall–Kier alpha value is -0.951. The molecule has 0 fully saturated rings. The number of hydrogen-bond acceptors (Lipinski definition) is 0. The van der Waals surface area contributed by atoms with Gasteiger partial charge in [0.05, 0.1) is 0 Å². The predicted molar refractivity (Wildman–Crippen MR) is 287 cm³/mol. The van der Waals surface area contributed by atoms with E-state index in [0.29, 0.717) is 20.6 Å². The number of benzene rings is 4. The standard InChI is InChI=1S/2C17H24P.2C11H12P.2ClH.2Ti/c2*1-16(2,3)18(17(4,5)6)15-11-13-9-7-8-10-14(13)12-15;2*1-12(2)11-7-9-5-3-4-6-10(9)8-11;;;;/h2*7-12H,1-6H3;2*3-8H,1-2H3;2*1H;;/q4*-1;;;2*+2/p-2. The molecule has 8 aromatic rings. The molecule has 0 amide bonds. The minimum Gasteiger partial charge on any atom is -1.00 e. The monoisotopic (exact) mass is 1030 g/mol. The van der Waals surface area contributed by atoms with Gasteiger partial charge in [0.25, 0.3) is 0 Å². The van der Waals surface area contributed by atoms with Crippen molar-refractivity contribution in [2.75, 3.05) is 26.7 Å². The Morgan fingerprint density at radius 1 is 0.312 bits per heavy atom. The van der Waals surface area contributed by atoms with Gasteiger partial charge in [-0.25, -0.2) is 0 Å². The second kappa shape index (κ2) is 25.6. The second-order valence-electron chi connectivity index (χ2n) is 20.5. The minimum atomic E-state index is -0.185. The molecule has 340 valence electrons. The Bertz CT molecular complexity index is 2240. The largest absolute Gasteiger partial charge is 2.00 e. The molecule has 0 bridgehead atoms. The first-order valence-electron chi connectivity index (χ1n) is 21.5. The van der Waals surface area contributed by atoms with Crippen molar-refractivity contribution in [2.45, 2.75) is 104 Å². The molecule has 0 nitrogen and oxygen atoms in total. The molecule has 0 saturated carbocycles. The van der Waals surface area contributed by atoms with Crippen LogP contribution in [0.15, 0.2) is 146 Å². The van der Waals surface area contributed by atoms with Crippen LogP contribution < -0.4 is 46.0 Å². The first kappa shape index (κ1) is 61.1. The summed E-state index contributed by atoms with van der Waals surface area (Å²) in [6.45, 7) is 37.7. The van der Waals surface area contributed by atoms with Gasteiger partial charge in [0.2, 0.25) is 0 Å². The molecule has 0 aromatic heterocycles. The van der Waals surface area contributed by atoms with Crippen LogP contribution in [-0.2, 0) is 43.4 Å². The van der Waals surface area contributed by atoms with E-state index in [9.17, 15) is 0 Å². The van der Waals surface area contributed by atoms with Crippen molar-refractivity contribution in [3.8, 4) is 0 Å². The number of fused-ring (bicyclic) bond motifs is 4. The number of hydrogen-bond donors (Lipinski definition) is 0. The summed E-state index contributed by atoms with van der Waals surface area (Å²) in [6.07, 6.45) is 0. The van der Waals surface area contributed by atoms with E-state index in [4.69, 9.17) is 0 Å². The zero-order chi connectivity index (χ0) is 44.2. The summed E-state index contributed by atoms with van der Waals surface area (Å²) in [5.74, 6) is 0. The van der Waals surface area contributed by atoms with Crippen molar-refractivity contribution in [3.05, 3.63) is 146 Å². The fraction of sp³-hybridized carbons (Fsp3) is 0.357. The molecule has 0 aliphatic rings. The topological polar surface area (TPSA) is 0 Å². The van der Waals surface area contributed by atoms with Gasteiger partial charge in [-0.3, -0.25) is 0 Å². The molecular formula is C56H72Cl2P4Ti2-2. The van der Waals surface area contributed by atoms with Crippen LogP contribution in [0.3, 0.4) is 0 Å². The average Bonchev–Trinajstić information content (AvgIpc) is 3.93. The average molecular weight is 1040 g/mol. The molecule has 0 aliphatic heterocycles. The molecule has 0 atom stereocenters. The summed E-state index contributed by atoms with van der Waals surface area (Å²) < 4.78 is 0. The molecule has 8 heteroatoms. The summed E-state index contributed by atoms with van der Waals surface area (Å²) in [7, 11) is -0.254. The molecule has 0 radical (unpaired) electrons. The third-order valence-corrected chi connectivity index (χ3v) is 20.1. The van der Waals surface area contributed by atoms with Crippen LogP contribution in [0.1, 0.15) is 83.1 Å². The second-order valence-corrected chi connectivity index (χ2v) is 32.9. The van der Waals surface area contributed by atoms with Crippen LogP contribution in [0.5, 0.6) is 0 Å². The van der Waals surface area contributed by atoms with E-state index in [0.717, 1.165) is 0 Å². The molecule has 0 spiro atoms. The van der Waals surface area contributed by atoms with Gasteiger partial charge in [-0.2, -0.15) is 24.3 Å². The van der Waals surface area contributed by atoms with Gasteiger partial charge < -0.3 is 24.8 Å². The van der Waals surface area contributed by atoms with Crippen LogP contribution in [0, 0.1) is 0 Å². The van der Waals surface area contributed by atoms with E-state index in [1.165, 1.54) is 53.7 Å². The van der Waals surface area contributed by atoms with Crippen LogP contribution >= 0.6 is 31.7 Å². The van der Waals surface area contributed by atoms with Gasteiger partial charge >= 0.3 is 43.4 Å². The first-order valence-corrected chi connectivity index (χ1v) is 28.7. The van der Waals surface area contributed by atoms with E-state index in [1.54, 1.807) is 10.6 Å². The van der Waals surface area contributed by atoms with E-state index in [-0.39, 0.29) is 99.9 Å². The fourth-order valence-electron chi connectivity index (χ4n) is 8.87. The molecule has 0 heterocycles. The summed E-state index contributed by atoms with van der Waals surface area (Å²) in [6, 6.07) is 53.3. The van der Waals surface area contributed by atoms with Gasteiger partial charge in [-0.15, -0.1) is 177 Å². The number of rotatable bonds is 4. The first-order chi connectivity index (χ1) is 27.9. The Balaban J connectivity index is 0.000000424. The smallest absolute Gasteiger partial charge is 1.00 e. The van der Waals surface area contributed by atoms with Gasteiger partial charge in [-0.05, 0) is 47.3 Å². The third-order valence-electron chi connectivity index (χ3n) is 10.6. The van der Waals surface area contributed by atoms with E-state index in [2.05, 4.69) is 255 Å². The summed E-state index contributed by atoms with van der Waals surface area (Å²) in [5.41, 5.74) is 0. The number of halogens is 2. The van der Waals surface area contributed by atoms with Crippen LogP contribution in [-0.4, -0.2) is 47.3 Å². The van der Waals surface area contributed by atoms with Crippen LogP contribution in [0.4, 0.5) is 0 Å². The molecule has 64 heavy (non-hydrogen) atoms. The Morgan fingerprint density at radius 2 is 0.500 bits per heavy atom. The summed E-state index contributed by atoms with van der Waals surface area (Å²) in [5, 5.41) is 18.5. The van der Waals surface area contributed by atoms with Gasteiger partial charge in [0.1, 0.15) is 0 Å². The Morgan fingerprint density at radius 3 is 0.688 bits per heavy atom. The maximum Gasteiger partial charge on any atom is 2.00 e. The molecular weight excluding hydrogens is 963 g/mol. The summed E-state index contributed by atoms with van der Waals surface area (Å²) >= 11 is 0. The molecule has 0 unspecified atom stereocenters.